The first kappa shape index (κ1) is 138. The molecule has 0 aliphatic carbocycles. The maximum atomic E-state index is 10.2. The second kappa shape index (κ2) is 76.4. The zero-order valence-electron chi connectivity index (χ0n) is 92.8. The molecule has 39 heteroatoms. The third-order valence-corrected chi connectivity index (χ3v) is 25.4. The van der Waals surface area contributed by atoms with Gasteiger partial charge in [-0.25, -0.2) is 4.79 Å². The Labute approximate surface area is 894 Å². The summed E-state index contributed by atoms with van der Waals surface area (Å²) in [5.74, 6) is -2.65. The van der Waals surface area contributed by atoms with Crippen LogP contribution in [0.15, 0.2) is 78.9 Å². The van der Waals surface area contributed by atoms with Crippen molar-refractivity contribution < 1.29 is 200 Å². The molecule has 145 heavy (non-hydrogen) atoms. The van der Waals surface area contributed by atoms with Gasteiger partial charge in [0.05, 0.1) is 37.6 Å². The van der Waals surface area contributed by atoms with E-state index >= 15 is 0 Å². The number of aldehydes is 1. The summed E-state index contributed by atoms with van der Waals surface area (Å²) in [6, 6.07) is 9.36. The number of halogens is 1. The van der Waals surface area contributed by atoms with E-state index in [1.165, 1.54) is 143 Å². The average molecular weight is 2110 g/mol. The number of aliphatic hydroxyl groups excluding tert-OH is 7. The van der Waals surface area contributed by atoms with Crippen LogP contribution in [-0.4, -0.2) is 337 Å². The first-order valence-corrected chi connectivity index (χ1v) is 52.6. The summed E-state index contributed by atoms with van der Waals surface area (Å²) in [7, 11) is 15.3. The maximum absolute atomic E-state index is 10.2. The molecule has 27 atom stereocenters. The van der Waals surface area contributed by atoms with Gasteiger partial charge < -0.3 is 170 Å². The van der Waals surface area contributed by atoms with Crippen LogP contribution in [0.2, 0.25) is 0 Å². The van der Waals surface area contributed by atoms with Crippen LogP contribution in [0.5, 0.6) is 0 Å². The standard InChI is InChI=1S/C45H81NO4.3C10H18O4.C9H16O5.C8H7ClO2.C7H14O4.C5H10O5.CH5N.CH2O3.Na/c1-6-8-10-12-14-16-18-20-22-24-26-28-30-32-34-36-38-45(49-42-41(40-46(3)4)48-44(47-5)43(42)50-45)39-37-35-33-31-29-27-25-23-21-19-17-15-13-11-9-7-2;3*1-5-6-7-8(9(11-4)12-6)14-10(2,3)13-7;1-9(2)13-6-5(4-10)12-8(11-3)7(6)14-9;9-8(10)11-6-7-4-2-1-3-5-7;1-3-4-5(8)6(9)7(10-2)11-4;6-1-3(8)5(10)4(9)2-7;1-2;2-1-4-3;/h14-17,20-23,41-44H,6-13,18-19,24-40H2,1-5H3;3*6-9H,5H2,1-4H3;5-8,10H,4H2,1-3H3;1-5H,6H2;4-9H,3H2,1-2H3;1,3-5,7-10H,2H2;2H2,1H3;1,3H;/q;;;;;;;;;;+1/b16-14-,17-15-,22-20-,23-21-;;;;;;;;;;/t41-,42-,43-,44?;3*6?,7-,8-,9?;5?,6-,7-,8?;;4?,5-,6-,7?;;;;/m00000.0..../s1. The Bertz CT molecular complexity index is 3230. The van der Waals surface area contributed by atoms with Crippen LogP contribution in [-0.2, 0) is 130 Å². The number of fused-ring (bicyclic) bond motifs is 5. The van der Waals surface area contributed by atoms with Crippen LogP contribution in [0.25, 0.3) is 0 Å². The quantitative estimate of drug-likeness (QED) is 0.00571. The van der Waals surface area contributed by atoms with Crippen molar-refractivity contribution in [2.45, 2.75) is 491 Å². The molecular formula is C106H189ClN2NaO35+. The maximum Gasteiger partial charge on any atom is 1.00 e. The predicted octanol–water partition coefficient (Wildman–Crippen LogP) is 11.0. The minimum absolute atomic E-state index is 0. The smallest absolute Gasteiger partial charge is 0.662 e. The number of ether oxygens (including phenoxy) is 23. The number of carbonyl (C=O) groups is 3. The van der Waals surface area contributed by atoms with Gasteiger partial charge in [-0.1, -0.05) is 198 Å². The molecule has 14 unspecified atom stereocenters. The van der Waals surface area contributed by atoms with Crippen molar-refractivity contribution in [1.29, 1.82) is 0 Å². The zero-order chi connectivity index (χ0) is 107. The molecule has 11 aliphatic heterocycles. The van der Waals surface area contributed by atoms with Gasteiger partial charge in [-0.15, -0.1) is 0 Å². The van der Waals surface area contributed by atoms with Gasteiger partial charge in [0.25, 0.3) is 6.47 Å². The molecule has 37 nitrogen and oxygen atoms in total. The number of hydrogen-bond donors (Lipinski definition) is 8. The Morgan fingerprint density at radius 2 is 0.731 bits per heavy atom. The second-order valence-electron chi connectivity index (χ2n) is 38.8. The summed E-state index contributed by atoms with van der Waals surface area (Å²) in [6.45, 7) is 28.0. The van der Waals surface area contributed by atoms with Gasteiger partial charge in [0.15, 0.2) is 73.0 Å². The molecular weight excluding hydrogens is 1920 g/mol. The fourth-order valence-corrected chi connectivity index (χ4v) is 18.2. The number of nitrogens with two attached hydrogens (primary N) is 1. The number of nitrogens with zero attached hydrogens (tertiary/aromatic N) is 1. The van der Waals surface area contributed by atoms with Crippen LogP contribution in [0.4, 0.5) is 4.79 Å². The Morgan fingerprint density at radius 3 is 1.03 bits per heavy atom. The van der Waals surface area contributed by atoms with E-state index in [2.05, 4.69) is 118 Å². The Morgan fingerprint density at radius 1 is 0.434 bits per heavy atom. The monoisotopic (exact) mass is 2110 g/mol. The number of allylic oxidation sites excluding steroid dienone is 8. The molecule has 11 saturated heterocycles. The summed E-state index contributed by atoms with van der Waals surface area (Å²) in [4.78, 5) is 33.3. The molecule has 0 spiro atoms. The molecule has 12 rings (SSSR count). The summed E-state index contributed by atoms with van der Waals surface area (Å²) in [6.07, 6.45) is 44.5. The van der Waals surface area contributed by atoms with Crippen LogP contribution < -0.4 is 40.5 Å². The van der Waals surface area contributed by atoms with E-state index in [1.807, 2.05) is 92.6 Å². The summed E-state index contributed by atoms with van der Waals surface area (Å²) < 4.78 is 129. The van der Waals surface area contributed by atoms with E-state index in [0.29, 0.717) is 6.42 Å². The molecule has 11 aliphatic rings. The number of methoxy groups -OCH3 is 6. The number of carbonyl (C=O) groups excluding carboxylic acids is 3. The molecule has 0 saturated carbocycles. The van der Waals surface area contributed by atoms with Crippen molar-refractivity contribution in [3.8, 4) is 0 Å². The van der Waals surface area contributed by atoms with E-state index in [0.717, 1.165) is 69.9 Å². The molecule has 11 fully saturated rings. The molecule has 1 aromatic rings. The molecule has 840 valence electrons. The normalized spacial score (nSPS) is 30.8. The number of rotatable bonds is 50. The van der Waals surface area contributed by atoms with Gasteiger partial charge in [-0.2, -0.15) is 0 Å². The SMILES string of the molecule is CCC1OC(OC)[C@@H](O)[C@H]1O.CCC1OC(OC)[C@H]2OC(C)(C)O[C@@H]12.CCC1OC(OC)[C@H]2OC(C)(C)O[C@@H]12.CCC1OC(OC)[C@H]2OC(C)(C)O[C@@H]12.CCCCC/C=C\C/C=C\CCCCCCCCC1(CCCCCCCC/C=C\C/C=C\CCCCC)O[C@H]2[C@H](CN(C)C)OC(OC)[C@H]2O1.CN.COC1OC(CO)[C@@H]2OC(C)(C)O[C@H]12.O=C(Cl)OCc1ccccc1.O=CC(O)C(O)C(O)CO.O=CO[O-].[H+].[Na+]. The first-order chi connectivity index (χ1) is 68.9. The Kier molecular flexibility index (Phi) is 72.6. The predicted molar refractivity (Wildman–Crippen MR) is 541 cm³/mol. The largest absolute Gasteiger partial charge is 1.00 e. The minimum atomic E-state index is -1.64. The third kappa shape index (κ3) is 50.1. The molecule has 9 N–H and O–H groups in total. The fraction of sp³-hybridized carbons (Fsp3) is 0.840. The van der Waals surface area contributed by atoms with Crippen molar-refractivity contribution in [1.82, 2.24) is 4.90 Å². The topological polar surface area (TPSA) is 467 Å². The molecule has 0 aromatic heterocycles. The van der Waals surface area contributed by atoms with Crippen molar-refractivity contribution in [3.63, 3.8) is 0 Å². The van der Waals surface area contributed by atoms with Crippen LogP contribution in [0, 0.1) is 0 Å². The van der Waals surface area contributed by atoms with Crippen molar-refractivity contribution in [2.75, 3.05) is 83.6 Å². The number of hydrogen-bond acceptors (Lipinski definition) is 37. The van der Waals surface area contributed by atoms with Crippen LogP contribution >= 0.6 is 11.6 Å². The third-order valence-electron chi connectivity index (χ3n) is 25.3. The Hall–Kier alpha value is -3.20. The van der Waals surface area contributed by atoms with Gasteiger partial charge >= 0.3 is 36.4 Å². The van der Waals surface area contributed by atoms with Crippen LogP contribution in [0.1, 0.15) is 297 Å². The first-order valence-electron chi connectivity index (χ1n) is 52.2. The minimum Gasteiger partial charge on any atom is -0.662 e. The van der Waals surface area contributed by atoms with Gasteiger partial charge in [-0.05, 0) is 185 Å². The second-order valence-corrected chi connectivity index (χ2v) is 39.1. The van der Waals surface area contributed by atoms with Crippen LogP contribution in [0.3, 0.4) is 0 Å². The molecule has 0 bridgehead atoms. The summed E-state index contributed by atoms with van der Waals surface area (Å²) in [5, 5.41) is 70.1. The van der Waals surface area contributed by atoms with Gasteiger partial charge in [0.1, 0.15) is 110 Å². The molecule has 0 amide bonds. The van der Waals surface area contributed by atoms with Crippen molar-refractivity contribution in [3.05, 3.63) is 84.5 Å². The number of benzene rings is 1. The number of likely N-dealkylation sites (N-methyl/N-ethyl adjacent to an activating group) is 1. The number of aliphatic hydroxyl groups is 7. The fourth-order valence-electron chi connectivity index (χ4n) is 18.1. The molecule has 0 radical (unpaired) electrons. The summed E-state index contributed by atoms with van der Waals surface area (Å²) >= 11 is 4.97. The van der Waals surface area contributed by atoms with Crippen molar-refractivity contribution >= 4 is 29.8 Å². The molecule has 11 heterocycles. The van der Waals surface area contributed by atoms with E-state index in [9.17, 15) is 19.8 Å². The Balaban J connectivity index is 0.000000907. The van der Waals surface area contributed by atoms with Gasteiger partial charge in [0, 0.05) is 73.6 Å². The average Bonchev–Trinajstić information content (AvgIpc) is 1.59. The van der Waals surface area contributed by atoms with Crippen molar-refractivity contribution in [2.24, 2.45) is 5.73 Å². The number of unbranched alkanes of at least 4 members (excludes halogenated alkanes) is 18. The van der Waals surface area contributed by atoms with Gasteiger partial charge in [-0.3, -0.25) is 4.79 Å². The van der Waals surface area contributed by atoms with E-state index in [-0.39, 0.29) is 180 Å². The molecule has 1 aromatic carbocycles. The van der Waals surface area contributed by atoms with Gasteiger partial charge in [0.2, 0.25) is 0 Å². The zero-order valence-corrected chi connectivity index (χ0v) is 94.5. The van der Waals surface area contributed by atoms with E-state index in [4.69, 9.17) is 151 Å². The van der Waals surface area contributed by atoms with E-state index < -0.39 is 84.1 Å². The van der Waals surface area contributed by atoms with E-state index in [1.54, 1.807) is 35.5 Å². The summed E-state index contributed by atoms with van der Waals surface area (Å²) in [5.41, 5.74) is 4.66.